The van der Waals surface area contributed by atoms with Crippen LogP contribution in [0.3, 0.4) is 0 Å². The molecule has 0 unspecified atom stereocenters. The molecule has 1 amide bonds. The fourth-order valence-corrected chi connectivity index (χ4v) is 2.65. The summed E-state index contributed by atoms with van der Waals surface area (Å²) in [6.45, 7) is 5.68. The van der Waals surface area contributed by atoms with Crippen LogP contribution in [0.15, 0.2) is 36.4 Å². The van der Waals surface area contributed by atoms with Crippen molar-refractivity contribution in [2.75, 3.05) is 26.8 Å². The first kappa shape index (κ1) is 19.8. The lowest BCUT2D eigenvalue weighted by Gasteiger charge is -2.12. The molecule has 5 nitrogen and oxygen atoms in total. The van der Waals surface area contributed by atoms with E-state index < -0.39 is 0 Å². The van der Waals surface area contributed by atoms with Gasteiger partial charge in [0.15, 0.2) is 11.5 Å². The first-order valence-electron chi connectivity index (χ1n) is 8.90. The van der Waals surface area contributed by atoms with Gasteiger partial charge in [0.25, 0.3) is 5.91 Å². The van der Waals surface area contributed by atoms with E-state index in [0.29, 0.717) is 36.8 Å². The molecule has 0 saturated heterocycles. The van der Waals surface area contributed by atoms with E-state index in [1.807, 2.05) is 0 Å². The number of nitrogens with one attached hydrogen (secondary N) is 1. The molecule has 26 heavy (non-hydrogen) atoms. The Labute approximate surface area is 155 Å². The number of carbonyl (C=O) groups is 1. The van der Waals surface area contributed by atoms with Gasteiger partial charge in [-0.25, -0.2) is 0 Å². The maximum Gasteiger partial charge on any atom is 0.251 e. The topological polar surface area (TPSA) is 73.6 Å². The monoisotopic (exact) mass is 356 g/mol. The number of carbonyl (C=O) groups excluding carboxylic acids is 1. The van der Waals surface area contributed by atoms with Crippen LogP contribution in [0.25, 0.3) is 0 Å². The van der Waals surface area contributed by atoms with Gasteiger partial charge in [0.1, 0.15) is 6.61 Å². The number of aryl methyl sites for hydroxylation is 3. The standard InChI is InChI=1S/C21H28N2O3/c1-15-6-7-17(13-16(15)2)5-4-11-23-21(24)18-8-9-19(26-12-10-22)20(14-18)25-3/h6-9,13-14H,4-5,10-12,22H2,1-3H3,(H,23,24). The number of amides is 1. The summed E-state index contributed by atoms with van der Waals surface area (Å²) >= 11 is 0. The Morgan fingerprint density at radius 1 is 1.08 bits per heavy atom. The zero-order valence-corrected chi connectivity index (χ0v) is 15.8. The molecule has 5 heteroatoms. The van der Waals surface area contributed by atoms with Crippen molar-refractivity contribution in [3.05, 3.63) is 58.7 Å². The summed E-state index contributed by atoms with van der Waals surface area (Å²) in [6.07, 6.45) is 1.83. The average molecular weight is 356 g/mol. The van der Waals surface area contributed by atoms with Crippen molar-refractivity contribution in [1.29, 1.82) is 0 Å². The quantitative estimate of drug-likeness (QED) is 0.678. The van der Waals surface area contributed by atoms with Crippen molar-refractivity contribution in [2.24, 2.45) is 5.73 Å². The molecule has 0 atom stereocenters. The van der Waals surface area contributed by atoms with Gasteiger partial charge in [-0.15, -0.1) is 0 Å². The summed E-state index contributed by atoms with van der Waals surface area (Å²) in [5.74, 6) is 0.999. The van der Waals surface area contributed by atoms with Crippen LogP contribution in [-0.4, -0.2) is 32.7 Å². The fourth-order valence-electron chi connectivity index (χ4n) is 2.65. The van der Waals surface area contributed by atoms with Crippen molar-refractivity contribution in [2.45, 2.75) is 26.7 Å². The highest BCUT2D eigenvalue weighted by Gasteiger charge is 2.11. The Morgan fingerprint density at radius 2 is 1.88 bits per heavy atom. The molecule has 0 heterocycles. The molecule has 2 aromatic rings. The molecule has 0 aliphatic heterocycles. The molecule has 140 valence electrons. The Bertz CT molecular complexity index is 744. The molecule has 0 aliphatic rings. The van der Waals surface area contributed by atoms with E-state index in [-0.39, 0.29) is 5.91 Å². The van der Waals surface area contributed by atoms with Crippen LogP contribution in [-0.2, 0) is 6.42 Å². The van der Waals surface area contributed by atoms with Gasteiger partial charge in [-0.05, 0) is 61.6 Å². The molecular formula is C21H28N2O3. The number of benzene rings is 2. The minimum atomic E-state index is -0.117. The number of rotatable bonds is 9. The zero-order valence-electron chi connectivity index (χ0n) is 15.8. The highest BCUT2D eigenvalue weighted by Crippen LogP contribution is 2.27. The summed E-state index contributed by atoms with van der Waals surface area (Å²) in [7, 11) is 1.55. The van der Waals surface area contributed by atoms with Gasteiger partial charge in [0, 0.05) is 18.7 Å². The van der Waals surface area contributed by atoms with Crippen LogP contribution in [0.1, 0.15) is 33.5 Å². The predicted molar refractivity (Wildman–Crippen MR) is 104 cm³/mol. The summed E-state index contributed by atoms with van der Waals surface area (Å²) in [5, 5.41) is 2.95. The largest absolute Gasteiger partial charge is 0.493 e. The minimum Gasteiger partial charge on any atom is -0.493 e. The second kappa shape index (κ2) is 9.82. The lowest BCUT2D eigenvalue weighted by Crippen LogP contribution is -2.24. The molecule has 0 saturated carbocycles. The summed E-state index contributed by atoms with van der Waals surface area (Å²) < 4.78 is 10.8. The third-order valence-corrected chi connectivity index (χ3v) is 4.30. The van der Waals surface area contributed by atoms with Crippen LogP contribution in [0.4, 0.5) is 0 Å². The van der Waals surface area contributed by atoms with Crippen molar-refractivity contribution in [1.82, 2.24) is 5.32 Å². The smallest absolute Gasteiger partial charge is 0.251 e. The zero-order chi connectivity index (χ0) is 18.9. The highest BCUT2D eigenvalue weighted by molar-refractivity contribution is 5.94. The Kier molecular flexibility index (Phi) is 7.48. The van der Waals surface area contributed by atoms with Crippen LogP contribution in [0.2, 0.25) is 0 Å². The SMILES string of the molecule is COc1cc(C(=O)NCCCc2ccc(C)c(C)c2)ccc1OCCN. The van der Waals surface area contributed by atoms with E-state index in [9.17, 15) is 4.79 Å². The average Bonchev–Trinajstić information content (AvgIpc) is 2.65. The van der Waals surface area contributed by atoms with Crippen LogP contribution in [0.5, 0.6) is 11.5 Å². The number of hydrogen-bond donors (Lipinski definition) is 2. The van der Waals surface area contributed by atoms with Gasteiger partial charge in [-0.3, -0.25) is 4.79 Å². The van der Waals surface area contributed by atoms with E-state index in [2.05, 4.69) is 37.4 Å². The molecule has 3 N–H and O–H groups in total. The van der Waals surface area contributed by atoms with Gasteiger partial charge < -0.3 is 20.5 Å². The first-order chi connectivity index (χ1) is 12.5. The summed E-state index contributed by atoms with van der Waals surface area (Å²) in [6, 6.07) is 11.6. The van der Waals surface area contributed by atoms with E-state index >= 15 is 0 Å². The molecule has 0 spiro atoms. The lowest BCUT2D eigenvalue weighted by atomic mass is 10.0. The Hall–Kier alpha value is -2.53. The van der Waals surface area contributed by atoms with Crippen molar-refractivity contribution >= 4 is 5.91 Å². The van der Waals surface area contributed by atoms with E-state index in [4.69, 9.17) is 15.2 Å². The third kappa shape index (κ3) is 5.49. The lowest BCUT2D eigenvalue weighted by molar-refractivity contribution is 0.0953. The predicted octanol–water partition coefficient (Wildman–Crippen LogP) is 3.01. The van der Waals surface area contributed by atoms with Crippen LogP contribution in [0, 0.1) is 13.8 Å². The van der Waals surface area contributed by atoms with Crippen LogP contribution >= 0.6 is 0 Å². The maximum atomic E-state index is 12.3. The van der Waals surface area contributed by atoms with Crippen molar-refractivity contribution < 1.29 is 14.3 Å². The number of ether oxygens (including phenoxy) is 2. The Balaban J connectivity index is 1.86. The molecule has 0 bridgehead atoms. The number of hydrogen-bond acceptors (Lipinski definition) is 4. The molecule has 0 aliphatic carbocycles. The number of nitrogens with two attached hydrogens (primary N) is 1. The summed E-state index contributed by atoms with van der Waals surface area (Å²) in [5.41, 5.74) is 9.89. The fraction of sp³-hybridized carbons (Fsp3) is 0.381. The maximum absolute atomic E-state index is 12.3. The van der Waals surface area contributed by atoms with Gasteiger partial charge in [0.2, 0.25) is 0 Å². The van der Waals surface area contributed by atoms with Gasteiger partial charge >= 0.3 is 0 Å². The molecule has 2 aromatic carbocycles. The second-order valence-electron chi connectivity index (χ2n) is 6.28. The third-order valence-electron chi connectivity index (χ3n) is 4.30. The molecule has 2 rings (SSSR count). The number of methoxy groups -OCH3 is 1. The van der Waals surface area contributed by atoms with Crippen molar-refractivity contribution in [3.8, 4) is 11.5 Å². The first-order valence-corrected chi connectivity index (χ1v) is 8.90. The van der Waals surface area contributed by atoms with Gasteiger partial charge in [-0.2, -0.15) is 0 Å². The Morgan fingerprint density at radius 3 is 2.58 bits per heavy atom. The second-order valence-corrected chi connectivity index (χ2v) is 6.28. The van der Waals surface area contributed by atoms with Crippen LogP contribution < -0.4 is 20.5 Å². The van der Waals surface area contributed by atoms with E-state index in [1.54, 1.807) is 25.3 Å². The molecule has 0 fully saturated rings. The normalized spacial score (nSPS) is 10.5. The molecule has 0 aromatic heterocycles. The van der Waals surface area contributed by atoms with E-state index in [0.717, 1.165) is 12.8 Å². The van der Waals surface area contributed by atoms with Gasteiger partial charge in [-0.1, -0.05) is 18.2 Å². The van der Waals surface area contributed by atoms with E-state index in [1.165, 1.54) is 16.7 Å². The van der Waals surface area contributed by atoms with Gasteiger partial charge in [0.05, 0.1) is 7.11 Å². The molecule has 0 radical (unpaired) electrons. The molecular weight excluding hydrogens is 328 g/mol. The summed E-state index contributed by atoms with van der Waals surface area (Å²) in [4.78, 5) is 12.3. The highest BCUT2D eigenvalue weighted by atomic mass is 16.5. The van der Waals surface area contributed by atoms with Crippen molar-refractivity contribution in [3.63, 3.8) is 0 Å². The minimum absolute atomic E-state index is 0.117.